The molecule has 0 spiro atoms. The van der Waals surface area contributed by atoms with Gasteiger partial charge in [0.25, 0.3) is 11.8 Å². The Morgan fingerprint density at radius 3 is 2.10 bits per heavy atom. The van der Waals surface area contributed by atoms with E-state index >= 15 is 0 Å². The van der Waals surface area contributed by atoms with E-state index in [1.807, 2.05) is 6.92 Å². The predicted molar refractivity (Wildman–Crippen MR) is 106 cm³/mol. The van der Waals surface area contributed by atoms with Crippen molar-refractivity contribution in [1.29, 1.82) is 0 Å². The number of hydrogen-bond donors (Lipinski definition) is 3. The van der Waals surface area contributed by atoms with Crippen LogP contribution in [0.1, 0.15) is 13.3 Å². The molecule has 29 heavy (non-hydrogen) atoms. The molecule has 3 N–H and O–H groups in total. The Kier molecular flexibility index (Phi) is 8.31. The van der Waals surface area contributed by atoms with Crippen LogP contribution < -0.4 is 15.5 Å². The number of quaternary nitrogens is 1. The summed E-state index contributed by atoms with van der Waals surface area (Å²) in [6.45, 7) is 2.08. The summed E-state index contributed by atoms with van der Waals surface area (Å²) < 4.78 is 40.0. The Bertz CT molecular complexity index is 892. The van der Waals surface area contributed by atoms with Crippen LogP contribution in [0, 0.1) is 17.5 Å². The number of carbonyl (C=O) groups is 2. The third-order valence-electron chi connectivity index (χ3n) is 3.96. The summed E-state index contributed by atoms with van der Waals surface area (Å²) in [5.74, 6) is -5.58. The quantitative estimate of drug-likeness (QED) is 0.542. The summed E-state index contributed by atoms with van der Waals surface area (Å²) in [6.07, 6.45) is 0.669. The third kappa shape index (κ3) is 6.35. The van der Waals surface area contributed by atoms with Crippen LogP contribution in [0.25, 0.3) is 0 Å². The number of hydrogen-bond acceptors (Lipinski definition) is 2. The van der Waals surface area contributed by atoms with Gasteiger partial charge in [0.2, 0.25) is 0 Å². The monoisotopic (exact) mass is 448 g/mol. The first-order valence-electron chi connectivity index (χ1n) is 8.73. The molecule has 0 bridgehead atoms. The zero-order valence-electron chi connectivity index (χ0n) is 15.4. The van der Waals surface area contributed by atoms with Gasteiger partial charge >= 0.3 is 0 Å². The van der Waals surface area contributed by atoms with Gasteiger partial charge in [0.1, 0.15) is 0 Å². The molecule has 2 aromatic carbocycles. The summed E-state index contributed by atoms with van der Waals surface area (Å²) in [7, 11) is 0. The Morgan fingerprint density at radius 1 is 0.931 bits per heavy atom. The van der Waals surface area contributed by atoms with Gasteiger partial charge in [-0.05, 0) is 30.7 Å². The molecular formula is C19H19Cl2F3N3O2+. The number of amides is 2. The SMILES string of the molecule is CCC[NH+](CC(=O)Nc1ccc(F)c(F)c1F)CC(=O)Nc1c(Cl)cccc1Cl. The van der Waals surface area contributed by atoms with Crippen molar-refractivity contribution in [3.63, 3.8) is 0 Å². The molecule has 1 atom stereocenters. The molecule has 0 heterocycles. The van der Waals surface area contributed by atoms with E-state index in [-0.39, 0.29) is 28.8 Å². The lowest BCUT2D eigenvalue weighted by molar-refractivity contribution is -0.883. The predicted octanol–water partition coefficient (Wildman–Crippen LogP) is 3.28. The van der Waals surface area contributed by atoms with E-state index in [4.69, 9.17) is 23.2 Å². The van der Waals surface area contributed by atoms with Gasteiger partial charge in [-0.15, -0.1) is 0 Å². The van der Waals surface area contributed by atoms with Crippen LogP contribution in [0.4, 0.5) is 24.5 Å². The zero-order valence-corrected chi connectivity index (χ0v) is 16.9. The molecule has 5 nitrogen and oxygen atoms in total. The Labute approximate surface area is 175 Å². The molecule has 10 heteroatoms. The van der Waals surface area contributed by atoms with Crippen molar-refractivity contribution in [1.82, 2.24) is 0 Å². The second kappa shape index (κ2) is 10.5. The molecule has 1 unspecified atom stereocenters. The Morgan fingerprint density at radius 2 is 1.52 bits per heavy atom. The molecule has 0 saturated heterocycles. The minimum atomic E-state index is -1.67. The van der Waals surface area contributed by atoms with E-state index in [1.165, 1.54) is 0 Å². The van der Waals surface area contributed by atoms with E-state index in [0.29, 0.717) is 23.9 Å². The van der Waals surface area contributed by atoms with Crippen molar-refractivity contribution in [3.05, 3.63) is 57.8 Å². The highest BCUT2D eigenvalue weighted by molar-refractivity contribution is 6.39. The third-order valence-corrected chi connectivity index (χ3v) is 4.59. The van der Waals surface area contributed by atoms with Crippen molar-refractivity contribution < 1.29 is 27.7 Å². The lowest BCUT2D eigenvalue weighted by atomic mass is 10.2. The zero-order chi connectivity index (χ0) is 21.6. The number of carbonyl (C=O) groups excluding carboxylic acids is 2. The number of halogens is 5. The number of rotatable bonds is 8. The fourth-order valence-electron chi connectivity index (χ4n) is 2.66. The van der Waals surface area contributed by atoms with Gasteiger partial charge in [0.15, 0.2) is 30.5 Å². The van der Waals surface area contributed by atoms with Crippen molar-refractivity contribution in [2.24, 2.45) is 0 Å². The molecule has 0 aliphatic carbocycles. The van der Waals surface area contributed by atoms with E-state index in [2.05, 4.69) is 10.6 Å². The highest BCUT2D eigenvalue weighted by atomic mass is 35.5. The molecule has 2 amide bonds. The summed E-state index contributed by atoms with van der Waals surface area (Å²) in [6, 6.07) is 6.42. The maximum Gasteiger partial charge on any atom is 0.279 e. The lowest BCUT2D eigenvalue weighted by Crippen LogP contribution is -3.14. The summed E-state index contributed by atoms with van der Waals surface area (Å²) in [5, 5.41) is 5.34. The van der Waals surface area contributed by atoms with Gasteiger partial charge < -0.3 is 15.5 Å². The highest BCUT2D eigenvalue weighted by Crippen LogP contribution is 2.29. The average molecular weight is 449 g/mol. The molecule has 0 aromatic heterocycles. The second-order valence-electron chi connectivity index (χ2n) is 6.27. The molecule has 2 aromatic rings. The van der Waals surface area contributed by atoms with Crippen LogP contribution in [0.2, 0.25) is 10.0 Å². The van der Waals surface area contributed by atoms with Gasteiger partial charge in [-0.3, -0.25) is 9.59 Å². The van der Waals surface area contributed by atoms with Crippen LogP contribution in [-0.4, -0.2) is 31.4 Å². The summed E-state index contributed by atoms with van der Waals surface area (Å²) >= 11 is 12.0. The van der Waals surface area contributed by atoms with E-state index in [9.17, 15) is 22.8 Å². The smallest absolute Gasteiger partial charge is 0.279 e. The first kappa shape index (κ1) is 23.0. The molecule has 156 valence electrons. The van der Waals surface area contributed by atoms with Crippen molar-refractivity contribution in [3.8, 4) is 0 Å². The Balaban J connectivity index is 2.01. The highest BCUT2D eigenvalue weighted by Gasteiger charge is 2.21. The molecule has 0 radical (unpaired) electrons. The van der Waals surface area contributed by atoms with E-state index in [1.54, 1.807) is 18.2 Å². The Hall–Kier alpha value is -2.29. The molecule has 0 fully saturated rings. The van der Waals surface area contributed by atoms with Gasteiger partial charge in [-0.2, -0.15) is 0 Å². The molecule has 0 aliphatic rings. The maximum absolute atomic E-state index is 13.7. The number of para-hydroxylation sites is 1. The lowest BCUT2D eigenvalue weighted by Gasteiger charge is -2.18. The van der Waals surface area contributed by atoms with Crippen molar-refractivity contribution in [2.75, 3.05) is 30.3 Å². The van der Waals surface area contributed by atoms with Crippen LogP contribution in [-0.2, 0) is 9.59 Å². The first-order valence-corrected chi connectivity index (χ1v) is 9.49. The fraction of sp³-hybridized carbons (Fsp3) is 0.263. The van der Waals surface area contributed by atoms with Crippen LogP contribution in [0.5, 0.6) is 0 Å². The average Bonchev–Trinajstić information content (AvgIpc) is 2.65. The minimum absolute atomic E-state index is 0.0803. The van der Waals surface area contributed by atoms with Crippen LogP contribution in [0.15, 0.2) is 30.3 Å². The first-order chi connectivity index (χ1) is 13.7. The second-order valence-corrected chi connectivity index (χ2v) is 7.08. The van der Waals surface area contributed by atoms with Crippen molar-refractivity contribution in [2.45, 2.75) is 13.3 Å². The number of benzene rings is 2. The van der Waals surface area contributed by atoms with Gasteiger partial charge in [0.05, 0.1) is 28.0 Å². The van der Waals surface area contributed by atoms with Gasteiger partial charge in [0, 0.05) is 0 Å². The maximum atomic E-state index is 13.7. The fourth-order valence-corrected chi connectivity index (χ4v) is 3.16. The van der Waals surface area contributed by atoms with E-state index < -0.39 is 35.0 Å². The standard InChI is InChI=1S/C19H18Cl2F3N3O2/c1-2-8-27(10-16(29)26-19-11(20)4-3-5-12(19)21)9-15(28)25-14-7-6-13(22)17(23)18(14)24/h3-7H,2,8-10H2,1H3,(H,25,28)(H,26,29)/p+1. The normalized spacial score (nSPS) is 11.8. The number of nitrogens with one attached hydrogen (secondary N) is 3. The minimum Gasteiger partial charge on any atom is -0.319 e. The molecule has 0 aliphatic heterocycles. The topological polar surface area (TPSA) is 62.6 Å². The van der Waals surface area contributed by atoms with Crippen LogP contribution in [0.3, 0.4) is 0 Å². The largest absolute Gasteiger partial charge is 0.319 e. The summed E-state index contributed by atoms with van der Waals surface area (Å²) in [4.78, 5) is 25.1. The molecule has 2 rings (SSSR count). The van der Waals surface area contributed by atoms with Gasteiger partial charge in [-0.25, -0.2) is 13.2 Å². The number of anilines is 2. The summed E-state index contributed by atoms with van der Waals surface area (Å²) in [5.41, 5.74) is -0.206. The van der Waals surface area contributed by atoms with Gasteiger partial charge in [-0.1, -0.05) is 36.2 Å². The van der Waals surface area contributed by atoms with Crippen molar-refractivity contribution >= 4 is 46.4 Å². The van der Waals surface area contributed by atoms with E-state index in [0.717, 1.165) is 6.07 Å². The van der Waals surface area contributed by atoms with Crippen LogP contribution >= 0.6 is 23.2 Å². The molecule has 0 saturated carbocycles. The molecular weight excluding hydrogens is 430 g/mol.